The Bertz CT molecular complexity index is 381. The van der Waals surface area contributed by atoms with Crippen LogP contribution in [-0.4, -0.2) is 35.2 Å². The first-order valence-electron chi connectivity index (χ1n) is 5.19. The summed E-state index contributed by atoms with van der Waals surface area (Å²) in [5.74, 6) is 0.556. The zero-order chi connectivity index (χ0) is 11.5. The molecule has 0 spiro atoms. The van der Waals surface area contributed by atoms with Crippen molar-refractivity contribution < 1.29 is 9.21 Å². The lowest BCUT2D eigenvalue weighted by atomic mass is 10.1. The predicted molar refractivity (Wildman–Crippen MR) is 58.3 cm³/mol. The van der Waals surface area contributed by atoms with Gasteiger partial charge in [0, 0.05) is 13.1 Å². The summed E-state index contributed by atoms with van der Waals surface area (Å²) in [6.45, 7) is 3.21. The Hall–Kier alpha value is -1.30. The molecule has 1 aliphatic heterocycles. The Balaban J connectivity index is 2.20. The summed E-state index contributed by atoms with van der Waals surface area (Å²) in [7, 11) is 0. The fourth-order valence-electron chi connectivity index (χ4n) is 1.76. The van der Waals surface area contributed by atoms with Gasteiger partial charge in [0.05, 0.1) is 0 Å². The number of amides is 1. The smallest absolute Gasteiger partial charge is 0.318 e. The van der Waals surface area contributed by atoms with Gasteiger partial charge >= 0.3 is 6.01 Å². The molecule has 6 nitrogen and oxygen atoms in total. The van der Waals surface area contributed by atoms with Crippen LogP contribution in [0.5, 0.6) is 0 Å². The highest BCUT2D eigenvalue weighted by Crippen LogP contribution is 2.19. The van der Waals surface area contributed by atoms with Crippen LogP contribution in [0.4, 0.5) is 6.01 Å². The van der Waals surface area contributed by atoms with Gasteiger partial charge < -0.3 is 14.6 Å². The number of nitrogens with zero attached hydrogens (tertiary/aromatic N) is 3. The fraction of sp³-hybridized carbons (Fsp3) is 0.667. The average Bonchev–Trinajstić information content (AvgIpc) is 2.77. The van der Waals surface area contributed by atoms with Crippen molar-refractivity contribution in [1.29, 1.82) is 0 Å². The Morgan fingerprint density at radius 1 is 1.62 bits per heavy atom. The van der Waals surface area contributed by atoms with Crippen LogP contribution in [0.15, 0.2) is 4.42 Å². The number of carbonyl (C=O) groups is 1. The highest BCUT2D eigenvalue weighted by atomic mass is 35.5. The van der Waals surface area contributed by atoms with E-state index in [0.29, 0.717) is 31.4 Å². The van der Waals surface area contributed by atoms with Crippen molar-refractivity contribution in [3.05, 3.63) is 5.89 Å². The van der Waals surface area contributed by atoms with E-state index in [9.17, 15) is 4.79 Å². The van der Waals surface area contributed by atoms with E-state index >= 15 is 0 Å². The van der Waals surface area contributed by atoms with Gasteiger partial charge in [0.1, 0.15) is 11.9 Å². The van der Waals surface area contributed by atoms with E-state index in [0.717, 1.165) is 0 Å². The minimum Gasteiger partial charge on any atom is -0.407 e. The van der Waals surface area contributed by atoms with E-state index in [2.05, 4.69) is 15.5 Å². The molecule has 1 aromatic heterocycles. The molecule has 2 heterocycles. The summed E-state index contributed by atoms with van der Waals surface area (Å²) in [5, 5.41) is 10.5. The number of alkyl halides is 1. The molecule has 0 radical (unpaired) electrons. The zero-order valence-corrected chi connectivity index (χ0v) is 9.70. The quantitative estimate of drug-likeness (QED) is 0.785. The summed E-state index contributed by atoms with van der Waals surface area (Å²) in [6, 6.07) is 0.134. The van der Waals surface area contributed by atoms with Crippen molar-refractivity contribution in [3.8, 4) is 0 Å². The number of carbonyl (C=O) groups excluding carboxylic acids is 1. The Morgan fingerprint density at radius 2 is 2.44 bits per heavy atom. The molecule has 1 amide bonds. The maximum Gasteiger partial charge on any atom is 0.318 e. The molecule has 2 rings (SSSR count). The average molecular weight is 245 g/mol. The van der Waals surface area contributed by atoms with Gasteiger partial charge in [0.15, 0.2) is 0 Å². The number of hydrogen-bond donors (Lipinski definition) is 1. The summed E-state index contributed by atoms with van der Waals surface area (Å²) < 4.78 is 5.34. The second-order valence-electron chi connectivity index (χ2n) is 3.52. The Labute approximate surface area is 98.0 Å². The lowest BCUT2D eigenvalue weighted by Crippen LogP contribution is -2.55. The van der Waals surface area contributed by atoms with Crippen molar-refractivity contribution in [2.24, 2.45) is 0 Å². The second kappa shape index (κ2) is 4.69. The monoisotopic (exact) mass is 244 g/mol. The molecule has 1 fully saturated rings. The first-order valence-corrected chi connectivity index (χ1v) is 5.72. The number of nitrogens with one attached hydrogen (secondary N) is 1. The number of halogens is 1. The molecule has 0 bridgehead atoms. The van der Waals surface area contributed by atoms with E-state index in [-0.39, 0.29) is 17.8 Å². The third-order valence-corrected chi connectivity index (χ3v) is 2.76. The normalized spacial score (nSPS) is 21.0. The van der Waals surface area contributed by atoms with E-state index < -0.39 is 0 Å². The molecule has 0 saturated carbocycles. The first kappa shape index (κ1) is 11.2. The molecule has 1 saturated heterocycles. The molecule has 7 heteroatoms. The van der Waals surface area contributed by atoms with E-state index in [1.54, 1.807) is 0 Å². The van der Waals surface area contributed by atoms with Crippen LogP contribution in [0, 0.1) is 0 Å². The summed E-state index contributed by atoms with van der Waals surface area (Å²) >= 11 is 5.58. The van der Waals surface area contributed by atoms with Gasteiger partial charge in [-0.3, -0.25) is 4.79 Å². The van der Waals surface area contributed by atoms with Gasteiger partial charge in [-0.05, 0) is 6.42 Å². The number of rotatable bonds is 3. The highest BCUT2D eigenvalue weighted by Gasteiger charge is 2.31. The van der Waals surface area contributed by atoms with Gasteiger partial charge in [-0.15, -0.1) is 16.7 Å². The third-order valence-electron chi connectivity index (χ3n) is 2.53. The highest BCUT2D eigenvalue weighted by molar-refractivity contribution is 6.16. The largest absolute Gasteiger partial charge is 0.407 e. The van der Waals surface area contributed by atoms with E-state index in [1.807, 2.05) is 11.8 Å². The van der Waals surface area contributed by atoms with Crippen molar-refractivity contribution in [2.45, 2.75) is 25.3 Å². The molecular weight excluding hydrogens is 232 g/mol. The minimum atomic E-state index is -0.239. The molecule has 1 N–H and O–H groups in total. The van der Waals surface area contributed by atoms with Crippen LogP contribution in [-0.2, 0) is 10.7 Å². The third kappa shape index (κ3) is 1.97. The van der Waals surface area contributed by atoms with Gasteiger partial charge in [0.2, 0.25) is 11.8 Å². The molecule has 0 aromatic carbocycles. The van der Waals surface area contributed by atoms with Gasteiger partial charge in [-0.1, -0.05) is 12.0 Å². The molecular formula is C9H13ClN4O2. The van der Waals surface area contributed by atoms with Crippen LogP contribution in [0.2, 0.25) is 0 Å². The molecule has 1 aromatic rings. The van der Waals surface area contributed by atoms with Crippen LogP contribution in [0.25, 0.3) is 0 Å². The first-order chi connectivity index (χ1) is 7.76. The molecule has 88 valence electrons. The molecule has 16 heavy (non-hydrogen) atoms. The molecule has 0 aliphatic carbocycles. The number of piperazine rings is 1. The van der Waals surface area contributed by atoms with Crippen LogP contribution >= 0.6 is 11.6 Å². The van der Waals surface area contributed by atoms with E-state index in [1.165, 1.54) is 0 Å². The van der Waals surface area contributed by atoms with Crippen LogP contribution < -0.4 is 10.2 Å². The SMILES string of the molecule is CCC1C(=O)NCCN1c1nnc(CCl)o1. The van der Waals surface area contributed by atoms with Crippen molar-refractivity contribution in [3.63, 3.8) is 0 Å². The molecule has 1 atom stereocenters. The van der Waals surface area contributed by atoms with E-state index in [4.69, 9.17) is 16.0 Å². The standard InChI is InChI=1S/C9H13ClN4O2/c1-2-6-8(15)11-3-4-14(6)9-13-12-7(5-10)16-9/h6H,2-5H2,1H3,(H,11,15). The summed E-state index contributed by atoms with van der Waals surface area (Å²) in [6.07, 6.45) is 0.699. The topological polar surface area (TPSA) is 71.3 Å². The summed E-state index contributed by atoms with van der Waals surface area (Å²) in [5.41, 5.74) is 0. The maximum atomic E-state index is 11.6. The van der Waals surface area contributed by atoms with Gasteiger partial charge in [-0.25, -0.2) is 0 Å². The number of anilines is 1. The van der Waals surface area contributed by atoms with Gasteiger partial charge in [0.25, 0.3) is 0 Å². The van der Waals surface area contributed by atoms with Crippen LogP contribution in [0.1, 0.15) is 19.2 Å². The zero-order valence-electron chi connectivity index (χ0n) is 8.94. The number of aromatic nitrogens is 2. The maximum absolute atomic E-state index is 11.6. The lowest BCUT2D eigenvalue weighted by Gasteiger charge is -2.32. The van der Waals surface area contributed by atoms with Crippen molar-refractivity contribution >= 4 is 23.5 Å². The second-order valence-corrected chi connectivity index (χ2v) is 3.79. The molecule has 1 unspecified atom stereocenters. The Morgan fingerprint density at radius 3 is 3.06 bits per heavy atom. The van der Waals surface area contributed by atoms with Crippen molar-refractivity contribution in [1.82, 2.24) is 15.5 Å². The number of hydrogen-bond acceptors (Lipinski definition) is 5. The predicted octanol–water partition coefficient (Wildman–Crippen LogP) is 0.523. The fourth-order valence-corrected chi connectivity index (χ4v) is 1.87. The van der Waals surface area contributed by atoms with Crippen molar-refractivity contribution in [2.75, 3.05) is 18.0 Å². The lowest BCUT2D eigenvalue weighted by molar-refractivity contribution is -0.123. The Kier molecular flexibility index (Phi) is 3.28. The summed E-state index contributed by atoms with van der Waals surface area (Å²) in [4.78, 5) is 13.4. The molecule has 1 aliphatic rings. The minimum absolute atomic E-state index is 0.000580. The van der Waals surface area contributed by atoms with Gasteiger partial charge in [-0.2, -0.15) is 0 Å². The van der Waals surface area contributed by atoms with Crippen LogP contribution in [0.3, 0.4) is 0 Å².